The first kappa shape index (κ1) is 29.5. The molecule has 0 radical (unpaired) electrons. The Labute approximate surface area is 228 Å². The van der Waals surface area contributed by atoms with Crippen molar-refractivity contribution < 1.29 is 13.9 Å². The monoisotopic (exact) mass is 518 g/mol. The summed E-state index contributed by atoms with van der Waals surface area (Å²) in [4.78, 5) is 21.8. The summed E-state index contributed by atoms with van der Waals surface area (Å²) >= 11 is 0. The molecule has 1 atom stereocenters. The first-order chi connectivity index (χ1) is 18.4. The number of carbonyl (C=O) groups is 1. The Morgan fingerprint density at radius 1 is 0.789 bits per heavy atom. The van der Waals surface area contributed by atoms with Crippen LogP contribution in [-0.2, 0) is 11.2 Å². The summed E-state index contributed by atoms with van der Waals surface area (Å²) in [6.45, 7) is 5.65. The fourth-order valence-corrected chi connectivity index (χ4v) is 4.56. The van der Waals surface area contributed by atoms with E-state index in [0.29, 0.717) is 18.0 Å². The second-order valence-electron chi connectivity index (χ2n) is 10.4. The minimum Gasteiger partial charge on any atom is -0.424 e. The molecule has 204 valence electrons. The summed E-state index contributed by atoms with van der Waals surface area (Å²) in [5.41, 5.74) is 2.05. The van der Waals surface area contributed by atoms with Crippen molar-refractivity contribution in [1.29, 1.82) is 0 Å². The van der Waals surface area contributed by atoms with Crippen LogP contribution in [0, 0.1) is 0 Å². The smallest absolute Gasteiger partial charge is 0.348 e. The molecule has 1 aromatic heterocycles. The Kier molecular flexibility index (Phi) is 11.9. The molecule has 3 rings (SSSR count). The maximum absolute atomic E-state index is 14.9. The van der Waals surface area contributed by atoms with E-state index in [2.05, 4.69) is 23.8 Å². The van der Waals surface area contributed by atoms with Gasteiger partial charge >= 0.3 is 5.97 Å². The lowest BCUT2D eigenvalue weighted by Crippen LogP contribution is -2.34. The number of alkyl halides is 1. The normalized spacial score (nSPS) is 12.7. The lowest BCUT2D eigenvalue weighted by Gasteiger charge is -2.18. The van der Waals surface area contributed by atoms with Gasteiger partial charge in [-0.3, -0.25) is 0 Å². The molecule has 0 amide bonds. The zero-order chi connectivity index (χ0) is 27.2. The number of rotatable bonds is 16. The first-order valence-electron chi connectivity index (χ1n) is 14.4. The Morgan fingerprint density at radius 2 is 1.37 bits per heavy atom. The molecule has 4 nitrogen and oxygen atoms in total. The number of halogens is 1. The van der Waals surface area contributed by atoms with Gasteiger partial charge in [0.2, 0.25) is 5.67 Å². The summed E-state index contributed by atoms with van der Waals surface area (Å²) in [6, 6.07) is 15.2. The molecule has 0 saturated carbocycles. The lowest BCUT2D eigenvalue weighted by molar-refractivity contribution is -0.147. The van der Waals surface area contributed by atoms with Crippen LogP contribution >= 0.6 is 0 Å². The van der Waals surface area contributed by atoms with Gasteiger partial charge in [-0.25, -0.2) is 19.2 Å². The van der Waals surface area contributed by atoms with Gasteiger partial charge in [-0.15, -0.1) is 0 Å². The molecule has 0 aliphatic heterocycles. The number of hydrogen-bond donors (Lipinski definition) is 0. The van der Waals surface area contributed by atoms with Crippen LogP contribution in [0.25, 0.3) is 22.5 Å². The average molecular weight is 519 g/mol. The van der Waals surface area contributed by atoms with Gasteiger partial charge in [0.15, 0.2) is 5.82 Å². The van der Waals surface area contributed by atoms with Crippen LogP contribution in [-0.4, -0.2) is 21.6 Å². The van der Waals surface area contributed by atoms with E-state index in [-0.39, 0.29) is 6.42 Å². The first-order valence-corrected chi connectivity index (χ1v) is 14.4. The molecule has 0 fully saturated rings. The molecule has 3 aromatic rings. The third kappa shape index (κ3) is 9.04. The molecule has 0 saturated heterocycles. The SMILES string of the molecule is CCCCCCCCc1cnc(-c2ccccc2-c2ccc(OC(=O)C(C)(F)CCCCCC)cc2)nc1. The molecular formula is C33H43FN2O2. The van der Waals surface area contributed by atoms with Crippen LogP contribution in [0.4, 0.5) is 4.39 Å². The van der Waals surface area contributed by atoms with Gasteiger partial charge in [0.1, 0.15) is 5.75 Å². The molecule has 0 N–H and O–H groups in total. The lowest BCUT2D eigenvalue weighted by atomic mass is 9.98. The zero-order valence-corrected chi connectivity index (χ0v) is 23.3. The summed E-state index contributed by atoms with van der Waals surface area (Å²) in [5.74, 6) is 0.180. The van der Waals surface area contributed by atoms with Gasteiger partial charge in [0, 0.05) is 18.0 Å². The fourth-order valence-electron chi connectivity index (χ4n) is 4.56. The molecule has 2 aromatic carbocycles. The molecule has 0 bridgehead atoms. The molecular weight excluding hydrogens is 475 g/mol. The van der Waals surface area contributed by atoms with Gasteiger partial charge in [-0.1, -0.05) is 102 Å². The van der Waals surface area contributed by atoms with E-state index in [9.17, 15) is 9.18 Å². The highest BCUT2D eigenvalue weighted by atomic mass is 19.1. The van der Waals surface area contributed by atoms with E-state index in [1.165, 1.54) is 45.4 Å². The van der Waals surface area contributed by atoms with Crippen LogP contribution in [0.15, 0.2) is 60.9 Å². The Hall–Kier alpha value is -3.08. The van der Waals surface area contributed by atoms with Crippen LogP contribution in [0.2, 0.25) is 0 Å². The van der Waals surface area contributed by atoms with Crippen molar-refractivity contribution in [3.8, 4) is 28.3 Å². The third-order valence-electron chi connectivity index (χ3n) is 6.99. The summed E-state index contributed by atoms with van der Waals surface area (Å²) in [6.07, 6.45) is 16.4. The Balaban J connectivity index is 1.62. The average Bonchev–Trinajstić information content (AvgIpc) is 2.94. The standard InChI is InChI=1S/C33H43FN2O2/c1-4-6-8-10-11-12-16-26-24-35-31(36-25-26)30-18-14-13-17-29(30)27-19-21-28(22-20-27)38-32(37)33(3,34)23-15-9-7-5-2/h13-14,17-22,24-25H,4-12,15-16,23H2,1-3H3. The fraction of sp³-hybridized carbons (Fsp3) is 0.485. The van der Waals surface area contributed by atoms with E-state index in [1.807, 2.05) is 48.8 Å². The van der Waals surface area contributed by atoms with Crippen LogP contribution in [0.5, 0.6) is 5.75 Å². The number of carbonyl (C=O) groups excluding carboxylic acids is 1. The Bertz CT molecular complexity index is 1110. The largest absolute Gasteiger partial charge is 0.424 e. The van der Waals surface area contributed by atoms with Crippen LogP contribution < -0.4 is 4.74 Å². The van der Waals surface area contributed by atoms with Crippen LogP contribution in [0.3, 0.4) is 0 Å². The topological polar surface area (TPSA) is 52.1 Å². The predicted molar refractivity (Wildman–Crippen MR) is 154 cm³/mol. The van der Waals surface area contributed by atoms with Crippen molar-refractivity contribution in [2.45, 2.75) is 103 Å². The number of ether oxygens (including phenoxy) is 1. The zero-order valence-electron chi connectivity index (χ0n) is 23.3. The van der Waals surface area contributed by atoms with Crippen molar-refractivity contribution in [3.05, 3.63) is 66.5 Å². The van der Waals surface area contributed by atoms with Gasteiger partial charge in [0.05, 0.1) is 0 Å². The van der Waals surface area contributed by atoms with Crippen molar-refractivity contribution in [2.75, 3.05) is 0 Å². The van der Waals surface area contributed by atoms with Crippen molar-refractivity contribution in [2.24, 2.45) is 0 Å². The van der Waals surface area contributed by atoms with E-state index in [0.717, 1.165) is 47.9 Å². The Morgan fingerprint density at radius 3 is 2.03 bits per heavy atom. The predicted octanol–water partition coefficient (Wildman–Crippen LogP) is 9.32. The third-order valence-corrected chi connectivity index (χ3v) is 6.99. The molecule has 1 heterocycles. The van der Waals surface area contributed by atoms with Crippen molar-refractivity contribution in [3.63, 3.8) is 0 Å². The summed E-state index contributed by atoms with van der Waals surface area (Å²) in [7, 11) is 0. The highest BCUT2D eigenvalue weighted by Gasteiger charge is 2.34. The highest BCUT2D eigenvalue weighted by Crippen LogP contribution is 2.32. The van der Waals surface area contributed by atoms with E-state index < -0.39 is 11.6 Å². The summed E-state index contributed by atoms with van der Waals surface area (Å²) < 4.78 is 20.2. The number of esters is 1. The van der Waals surface area contributed by atoms with Gasteiger partial charge in [-0.05, 0) is 61.4 Å². The number of hydrogen-bond acceptors (Lipinski definition) is 4. The number of aromatic nitrogens is 2. The maximum atomic E-state index is 14.9. The maximum Gasteiger partial charge on any atom is 0.348 e. The summed E-state index contributed by atoms with van der Waals surface area (Å²) in [5, 5.41) is 0. The number of unbranched alkanes of at least 4 members (excludes halogenated alkanes) is 8. The molecule has 1 unspecified atom stereocenters. The molecule has 0 aliphatic carbocycles. The number of nitrogens with zero attached hydrogens (tertiary/aromatic N) is 2. The van der Waals surface area contributed by atoms with Crippen molar-refractivity contribution in [1.82, 2.24) is 9.97 Å². The molecule has 5 heteroatoms. The van der Waals surface area contributed by atoms with Gasteiger partial charge < -0.3 is 4.74 Å². The minimum atomic E-state index is -1.99. The van der Waals surface area contributed by atoms with E-state index in [1.54, 1.807) is 12.1 Å². The molecule has 38 heavy (non-hydrogen) atoms. The quantitative estimate of drug-likeness (QED) is 0.108. The van der Waals surface area contributed by atoms with Gasteiger partial charge in [-0.2, -0.15) is 0 Å². The number of aryl methyl sites for hydroxylation is 1. The number of benzene rings is 2. The second-order valence-corrected chi connectivity index (χ2v) is 10.4. The van der Waals surface area contributed by atoms with E-state index in [4.69, 9.17) is 4.74 Å². The molecule has 0 spiro atoms. The minimum absolute atomic E-state index is 0.176. The van der Waals surface area contributed by atoms with Crippen molar-refractivity contribution >= 4 is 5.97 Å². The molecule has 0 aliphatic rings. The highest BCUT2D eigenvalue weighted by molar-refractivity contribution is 5.82. The van der Waals surface area contributed by atoms with E-state index >= 15 is 0 Å². The van der Waals surface area contributed by atoms with Crippen LogP contribution in [0.1, 0.15) is 97.0 Å². The van der Waals surface area contributed by atoms with Gasteiger partial charge in [0.25, 0.3) is 0 Å². The second kappa shape index (κ2) is 15.4.